The number of hydrazone groups is 1. The van der Waals surface area contributed by atoms with Crippen LogP contribution in [0.3, 0.4) is 0 Å². The predicted molar refractivity (Wildman–Crippen MR) is 127 cm³/mol. The standard InChI is InChI=1S/C25H22BrN3O2/c1-16-7-11-22(23(26)13-16)24-12-10-21(31-24)15-27-28-25(30)19-5-4-6-20(14-19)29-17(2)8-9-18(29)3/h4-15H,1-3H3,(H,28,30)/b27-15-. The number of aromatic nitrogens is 1. The number of carbonyl (C=O) groups excluding carboxylic acids is 1. The molecule has 0 bridgehead atoms. The van der Waals surface area contributed by atoms with E-state index in [1.165, 1.54) is 6.21 Å². The average Bonchev–Trinajstić information content (AvgIpc) is 3.34. The summed E-state index contributed by atoms with van der Waals surface area (Å²) < 4.78 is 8.91. The molecule has 0 aliphatic rings. The third kappa shape index (κ3) is 4.54. The maximum Gasteiger partial charge on any atom is 0.271 e. The fourth-order valence-electron chi connectivity index (χ4n) is 3.47. The van der Waals surface area contributed by atoms with Gasteiger partial charge in [-0.05, 0) is 80.9 Å². The second kappa shape index (κ2) is 8.78. The van der Waals surface area contributed by atoms with E-state index < -0.39 is 0 Å². The molecular formula is C25H22BrN3O2. The van der Waals surface area contributed by atoms with E-state index in [1.807, 2.05) is 69.3 Å². The SMILES string of the molecule is Cc1ccc(-c2ccc(/C=N\NC(=O)c3cccc(-n4c(C)ccc4C)c3)o2)c(Br)c1. The molecule has 2 aromatic heterocycles. The summed E-state index contributed by atoms with van der Waals surface area (Å²) in [6.07, 6.45) is 1.49. The van der Waals surface area contributed by atoms with E-state index in [9.17, 15) is 4.79 Å². The predicted octanol–water partition coefficient (Wildman–Crippen LogP) is 6.19. The Balaban J connectivity index is 1.46. The average molecular weight is 476 g/mol. The van der Waals surface area contributed by atoms with Gasteiger partial charge in [-0.2, -0.15) is 5.10 Å². The number of halogens is 1. The topological polar surface area (TPSA) is 59.5 Å². The molecule has 1 N–H and O–H groups in total. The lowest BCUT2D eigenvalue weighted by molar-refractivity contribution is 0.0955. The van der Waals surface area contributed by atoms with Gasteiger partial charge in [-0.25, -0.2) is 5.43 Å². The lowest BCUT2D eigenvalue weighted by Gasteiger charge is -2.10. The van der Waals surface area contributed by atoms with Gasteiger partial charge in [0.05, 0.1) is 6.21 Å². The van der Waals surface area contributed by atoms with Crippen molar-refractivity contribution in [2.75, 3.05) is 0 Å². The molecule has 5 nitrogen and oxygen atoms in total. The number of furan rings is 1. The number of hydrogen-bond acceptors (Lipinski definition) is 3. The third-order valence-corrected chi connectivity index (χ3v) is 5.67. The Bertz CT molecular complexity index is 1260. The third-order valence-electron chi connectivity index (χ3n) is 5.01. The van der Waals surface area contributed by atoms with Crippen molar-refractivity contribution in [3.05, 3.63) is 99.5 Å². The lowest BCUT2D eigenvalue weighted by atomic mass is 10.1. The van der Waals surface area contributed by atoms with Crippen molar-refractivity contribution >= 4 is 28.1 Å². The summed E-state index contributed by atoms with van der Waals surface area (Å²) in [6.45, 7) is 6.11. The first-order valence-corrected chi connectivity index (χ1v) is 10.7. The Morgan fingerprint density at radius 3 is 2.52 bits per heavy atom. The molecule has 6 heteroatoms. The highest BCUT2D eigenvalue weighted by Crippen LogP contribution is 2.30. The second-order valence-electron chi connectivity index (χ2n) is 7.39. The van der Waals surface area contributed by atoms with Crippen molar-refractivity contribution < 1.29 is 9.21 Å². The summed E-state index contributed by atoms with van der Waals surface area (Å²) in [7, 11) is 0. The van der Waals surface area contributed by atoms with Gasteiger partial charge in [-0.3, -0.25) is 4.79 Å². The minimum atomic E-state index is -0.284. The molecule has 4 rings (SSSR count). The fraction of sp³-hybridized carbons (Fsp3) is 0.120. The van der Waals surface area contributed by atoms with Gasteiger partial charge in [0.2, 0.25) is 0 Å². The molecule has 1 amide bonds. The molecule has 31 heavy (non-hydrogen) atoms. The highest BCUT2D eigenvalue weighted by atomic mass is 79.9. The molecule has 4 aromatic rings. The van der Waals surface area contributed by atoms with E-state index in [2.05, 4.69) is 43.2 Å². The van der Waals surface area contributed by atoms with Gasteiger partial charge in [0, 0.05) is 32.7 Å². The lowest BCUT2D eigenvalue weighted by Crippen LogP contribution is -2.17. The zero-order chi connectivity index (χ0) is 22.0. The molecule has 0 saturated heterocycles. The number of amides is 1. The highest BCUT2D eigenvalue weighted by Gasteiger charge is 2.10. The summed E-state index contributed by atoms with van der Waals surface area (Å²) in [4.78, 5) is 12.6. The summed E-state index contributed by atoms with van der Waals surface area (Å²) in [5, 5.41) is 4.05. The van der Waals surface area contributed by atoms with Crippen LogP contribution in [-0.2, 0) is 0 Å². The zero-order valence-corrected chi connectivity index (χ0v) is 19.1. The van der Waals surface area contributed by atoms with Crippen LogP contribution in [0.1, 0.15) is 33.1 Å². The number of carbonyl (C=O) groups is 1. The van der Waals surface area contributed by atoms with Crippen molar-refractivity contribution in [1.29, 1.82) is 0 Å². The van der Waals surface area contributed by atoms with Crippen LogP contribution in [0.5, 0.6) is 0 Å². The normalized spacial score (nSPS) is 11.2. The molecule has 2 aromatic carbocycles. The van der Waals surface area contributed by atoms with Crippen LogP contribution < -0.4 is 5.43 Å². The Labute approximate surface area is 189 Å². The van der Waals surface area contributed by atoms with E-state index in [0.717, 1.165) is 38.4 Å². The van der Waals surface area contributed by atoms with Crippen LogP contribution in [0.25, 0.3) is 17.0 Å². The molecule has 0 aliphatic carbocycles. The van der Waals surface area contributed by atoms with Gasteiger partial charge in [-0.15, -0.1) is 0 Å². The molecule has 0 unspecified atom stereocenters. The molecule has 2 heterocycles. The Kier molecular flexibility index (Phi) is 5.91. The highest BCUT2D eigenvalue weighted by molar-refractivity contribution is 9.10. The van der Waals surface area contributed by atoms with E-state index in [4.69, 9.17) is 4.42 Å². The van der Waals surface area contributed by atoms with Gasteiger partial charge < -0.3 is 8.98 Å². The maximum absolute atomic E-state index is 12.6. The molecular weight excluding hydrogens is 454 g/mol. The summed E-state index contributed by atoms with van der Waals surface area (Å²) in [5.74, 6) is 0.994. The zero-order valence-electron chi connectivity index (χ0n) is 17.5. The number of hydrogen-bond donors (Lipinski definition) is 1. The molecule has 0 fully saturated rings. The van der Waals surface area contributed by atoms with E-state index in [0.29, 0.717) is 11.3 Å². The molecule has 0 saturated carbocycles. The first-order chi connectivity index (χ1) is 14.9. The van der Waals surface area contributed by atoms with Gasteiger partial charge in [-0.1, -0.05) is 28.1 Å². The maximum atomic E-state index is 12.6. The molecule has 0 atom stereocenters. The van der Waals surface area contributed by atoms with Crippen LogP contribution in [0.2, 0.25) is 0 Å². The van der Waals surface area contributed by atoms with Crippen LogP contribution in [-0.4, -0.2) is 16.7 Å². The molecule has 0 spiro atoms. The van der Waals surface area contributed by atoms with Crippen LogP contribution >= 0.6 is 15.9 Å². The van der Waals surface area contributed by atoms with Crippen LogP contribution in [0.15, 0.2) is 80.7 Å². The molecule has 0 aliphatic heterocycles. The minimum Gasteiger partial charge on any atom is -0.455 e. The summed E-state index contributed by atoms with van der Waals surface area (Å²) in [6, 6.07) is 21.3. The first kappa shape index (κ1) is 20.9. The monoisotopic (exact) mass is 475 g/mol. The smallest absolute Gasteiger partial charge is 0.271 e. The van der Waals surface area contributed by atoms with Crippen molar-refractivity contribution in [2.45, 2.75) is 20.8 Å². The number of nitrogens with one attached hydrogen (secondary N) is 1. The van der Waals surface area contributed by atoms with Crippen molar-refractivity contribution in [2.24, 2.45) is 5.10 Å². The van der Waals surface area contributed by atoms with Gasteiger partial charge in [0.25, 0.3) is 5.91 Å². The van der Waals surface area contributed by atoms with Crippen molar-refractivity contribution in [3.8, 4) is 17.0 Å². The van der Waals surface area contributed by atoms with E-state index in [-0.39, 0.29) is 5.91 Å². The van der Waals surface area contributed by atoms with Crippen LogP contribution in [0, 0.1) is 20.8 Å². The van der Waals surface area contributed by atoms with E-state index >= 15 is 0 Å². The van der Waals surface area contributed by atoms with Crippen LogP contribution in [0.4, 0.5) is 0 Å². The quantitative estimate of drug-likeness (QED) is 0.276. The molecule has 156 valence electrons. The largest absolute Gasteiger partial charge is 0.455 e. The van der Waals surface area contributed by atoms with Gasteiger partial charge >= 0.3 is 0 Å². The Hall–Kier alpha value is -3.38. The summed E-state index contributed by atoms with van der Waals surface area (Å²) >= 11 is 3.57. The number of benzene rings is 2. The second-order valence-corrected chi connectivity index (χ2v) is 8.24. The number of rotatable bonds is 5. The van der Waals surface area contributed by atoms with Crippen molar-refractivity contribution in [1.82, 2.24) is 9.99 Å². The minimum absolute atomic E-state index is 0.284. The fourth-order valence-corrected chi connectivity index (χ4v) is 4.16. The summed E-state index contributed by atoms with van der Waals surface area (Å²) in [5.41, 5.74) is 8.39. The first-order valence-electron chi connectivity index (χ1n) is 9.87. The van der Waals surface area contributed by atoms with Gasteiger partial charge in [0.15, 0.2) is 0 Å². The Morgan fingerprint density at radius 1 is 1.00 bits per heavy atom. The number of nitrogens with zero attached hydrogens (tertiary/aromatic N) is 2. The van der Waals surface area contributed by atoms with Crippen molar-refractivity contribution in [3.63, 3.8) is 0 Å². The van der Waals surface area contributed by atoms with E-state index in [1.54, 1.807) is 6.07 Å². The number of aryl methyl sites for hydroxylation is 3. The van der Waals surface area contributed by atoms with Gasteiger partial charge in [0.1, 0.15) is 11.5 Å². The Morgan fingerprint density at radius 2 is 1.77 bits per heavy atom. The molecule has 0 radical (unpaired) electrons.